The van der Waals surface area contributed by atoms with Crippen LogP contribution in [0.4, 0.5) is 0 Å². The molecule has 3 N–H and O–H groups in total. The zero-order valence-electron chi connectivity index (χ0n) is 8.30. The van der Waals surface area contributed by atoms with Gasteiger partial charge in [0.2, 0.25) is 0 Å². The standard InChI is InChI=1S/C10H14N2O2S/c11-9(10(13)14)3-6-15-7-8-1-4-12-5-2-8/h1-2,4-5,9H,3,6-7,11H2,(H,13,14). The molecular formula is C10H14N2O2S. The number of rotatable bonds is 6. The van der Waals surface area contributed by atoms with E-state index in [1.807, 2.05) is 12.1 Å². The fraction of sp³-hybridized carbons (Fsp3) is 0.400. The minimum Gasteiger partial charge on any atom is -0.480 e. The van der Waals surface area contributed by atoms with Gasteiger partial charge in [-0.2, -0.15) is 11.8 Å². The molecule has 1 aromatic heterocycles. The fourth-order valence-corrected chi connectivity index (χ4v) is 2.00. The zero-order chi connectivity index (χ0) is 11.1. The Hall–Kier alpha value is -1.07. The third-order valence-electron chi connectivity index (χ3n) is 1.91. The molecule has 1 heterocycles. The van der Waals surface area contributed by atoms with E-state index in [9.17, 15) is 4.79 Å². The number of aromatic nitrogens is 1. The average Bonchev–Trinajstić information content (AvgIpc) is 2.25. The van der Waals surface area contributed by atoms with Crippen LogP contribution in [0.3, 0.4) is 0 Å². The lowest BCUT2D eigenvalue weighted by molar-refractivity contribution is -0.138. The van der Waals surface area contributed by atoms with Gasteiger partial charge in [-0.3, -0.25) is 9.78 Å². The summed E-state index contributed by atoms with van der Waals surface area (Å²) in [4.78, 5) is 14.3. The molecule has 0 spiro atoms. The van der Waals surface area contributed by atoms with Crippen molar-refractivity contribution in [1.29, 1.82) is 0 Å². The normalized spacial score (nSPS) is 12.3. The second kappa shape index (κ2) is 6.42. The molecule has 0 fully saturated rings. The first-order valence-corrected chi connectivity index (χ1v) is 5.80. The van der Waals surface area contributed by atoms with Crippen molar-refractivity contribution in [2.24, 2.45) is 5.73 Å². The molecule has 5 heteroatoms. The summed E-state index contributed by atoms with van der Waals surface area (Å²) >= 11 is 1.68. The zero-order valence-corrected chi connectivity index (χ0v) is 9.11. The molecule has 0 saturated heterocycles. The van der Waals surface area contributed by atoms with Crippen molar-refractivity contribution >= 4 is 17.7 Å². The van der Waals surface area contributed by atoms with E-state index in [-0.39, 0.29) is 0 Å². The number of hydrogen-bond acceptors (Lipinski definition) is 4. The van der Waals surface area contributed by atoms with Crippen molar-refractivity contribution in [3.05, 3.63) is 30.1 Å². The van der Waals surface area contributed by atoms with Crippen LogP contribution in [-0.2, 0) is 10.5 Å². The highest BCUT2D eigenvalue weighted by Crippen LogP contribution is 2.12. The van der Waals surface area contributed by atoms with Crippen molar-refractivity contribution in [2.45, 2.75) is 18.2 Å². The monoisotopic (exact) mass is 226 g/mol. The molecule has 0 aromatic carbocycles. The average molecular weight is 226 g/mol. The lowest BCUT2D eigenvalue weighted by atomic mass is 10.2. The van der Waals surface area contributed by atoms with Crippen molar-refractivity contribution in [3.8, 4) is 0 Å². The summed E-state index contributed by atoms with van der Waals surface area (Å²) in [5.74, 6) is 0.699. The molecule has 0 aliphatic carbocycles. The van der Waals surface area contributed by atoms with Gasteiger partial charge in [0.05, 0.1) is 0 Å². The Morgan fingerprint density at radius 2 is 2.20 bits per heavy atom. The van der Waals surface area contributed by atoms with Crippen LogP contribution in [0.1, 0.15) is 12.0 Å². The van der Waals surface area contributed by atoms with Gasteiger partial charge in [-0.1, -0.05) is 0 Å². The summed E-state index contributed by atoms with van der Waals surface area (Å²) in [7, 11) is 0. The van der Waals surface area contributed by atoms with Crippen LogP contribution in [0, 0.1) is 0 Å². The van der Waals surface area contributed by atoms with Gasteiger partial charge in [-0.15, -0.1) is 0 Å². The molecule has 0 radical (unpaired) electrons. The number of nitrogens with two attached hydrogens (primary N) is 1. The number of pyridine rings is 1. The number of nitrogens with zero attached hydrogens (tertiary/aromatic N) is 1. The largest absolute Gasteiger partial charge is 0.480 e. The number of carboxylic acids is 1. The highest BCUT2D eigenvalue weighted by molar-refractivity contribution is 7.98. The molecule has 1 unspecified atom stereocenters. The number of carboxylic acid groups (broad SMARTS) is 1. The van der Waals surface area contributed by atoms with Crippen molar-refractivity contribution in [2.75, 3.05) is 5.75 Å². The van der Waals surface area contributed by atoms with Gasteiger partial charge < -0.3 is 10.8 Å². The van der Waals surface area contributed by atoms with E-state index in [1.165, 1.54) is 5.56 Å². The second-order valence-corrected chi connectivity index (χ2v) is 4.25. The quantitative estimate of drug-likeness (QED) is 0.711. The fourth-order valence-electron chi connectivity index (χ4n) is 1.00. The lowest BCUT2D eigenvalue weighted by Crippen LogP contribution is -2.30. The molecule has 15 heavy (non-hydrogen) atoms. The Morgan fingerprint density at radius 1 is 1.53 bits per heavy atom. The van der Waals surface area contributed by atoms with Gasteiger partial charge in [0.25, 0.3) is 0 Å². The summed E-state index contributed by atoms with van der Waals surface area (Å²) < 4.78 is 0. The number of aliphatic carboxylic acids is 1. The van der Waals surface area contributed by atoms with Crippen LogP contribution in [0.25, 0.3) is 0 Å². The Bertz CT molecular complexity index is 306. The third kappa shape index (κ3) is 4.80. The number of hydrogen-bond donors (Lipinski definition) is 2. The van der Waals surface area contributed by atoms with E-state index >= 15 is 0 Å². The van der Waals surface area contributed by atoms with Gasteiger partial charge in [0.15, 0.2) is 0 Å². The van der Waals surface area contributed by atoms with Crippen LogP contribution < -0.4 is 5.73 Å². The van der Waals surface area contributed by atoms with Crippen LogP contribution in [-0.4, -0.2) is 27.9 Å². The van der Waals surface area contributed by atoms with Gasteiger partial charge in [0, 0.05) is 18.1 Å². The Balaban J connectivity index is 2.15. The van der Waals surface area contributed by atoms with Crippen LogP contribution >= 0.6 is 11.8 Å². The minimum absolute atomic E-state index is 0.505. The Kier molecular flexibility index (Phi) is 5.14. The maximum Gasteiger partial charge on any atom is 0.320 e. The summed E-state index contributed by atoms with van der Waals surface area (Å²) in [6.07, 6.45) is 4.00. The maximum absolute atomic E-state index is 10.4. The molecule has 82 valence electrons. The first-order chi connectivity index (χ1) is 7.20. The van der Waals surface area contributed by atoms with Crippen molar-refractivity contribution < 1.29 is 9.90 Å². The van der Waals surface area contributed by atoms with Crippen molar-refractivity contribution in [1.82, 2.24) is 4.98 Å². The smallest absolute Gasteiger partial charge is 0.320 e. The van der Waals surface area contributed by atoms with Gasteiger partial charge in [-0.05, 0) is 29.9 Å². The molecule has 0 aliphatic heterocycles. The summed E-state index contributed by atoms with van der Waals surface area (Å²) in [5.41, 5.74) is 6.57. The predicted molar refractivity (Wildman–Crippen MR) is 60.6 cm³/mol. The third-order valence-corrected chi connectivity index (χ3v) is 2.97. The van der Waals surface area contributed by atoms with E-state index in [1.54, 1.807) is 24.2 Å². The van der Waals surface area contributed by atoms with E-state index in [2.05, 4.69) is 4.98 Å². The molecule has 4 nitrogen and oxygen atoms in total. The summed E-state index contributed by atoms with van der Waals surface area (Å²) in [6, 6.07) is 3.16. The molecule has 0 amide bonds. The van der Waals surface area contributed by atoms with Crippen LogP contribution in [0.5, 0.6) is 0 Å². The topological polar surface area (TPSA) is 76.2 Å². The first kappa shape index (κ1) is 12.0. The molecule has 0 saturated carbocycles. The van der Waals surface area contributed by atoms with Crippen molar-refractivity contribution in [3.63, 3.8) is 0 Å². The highest BCUT2D eigenvalue weighted by Gasteiger charge is 2.09. The minimum atomic E-state index is -0.931. The molecular weight excluding hydrogens is 212 g/mol. The number of thioether (sulfide) groups is 1. The highest BCUT2D eigenvalue weighted by atomic mass is 32.2. The molecule has 0 bridgehead atoms. The summed E-state index contributed by atoms with van der Waals surface area (Å²) in [6.45, 7) is 0. The first-order valence-electron chi connectivity index (χ1n) is 4.65. The number of carbonyl (C=O) groups is 1. The SMILES string of the molecule is NC(CCSCc1ccncc1)C(=O)O. The maximum atomic E-state index is 10.4. The molecule has 1 aromatic rings. The van der Waals surface area contributed by atoms with Gasteiger partial charge in [0.1, 0.15) is 6.04 Å². The van der Waals surface area contributed by atoms with Crippen LogP contribution in [0.2, 0.25) is 0 Å². The predicted octanol–water partition coefficient (Wildman–Crippen LogP) is 1.12. The van der Waals surface area contributed by atoms with Crippen LogP contribution in [0.15, 0.2) is 24.5 Å². The van der Waals surface area contributed by atoms with E-state index in [4.69, 9.17) is 10.8 Å². The molecule has 1 rings (SSSR count). The summed E-state index contributed by atoms with van der Waals surface area (Å²) in [5, 5.41) is 8.56. The molecule has 1 atom stereocenters. The molecule has 0 aliphatic rings. The van der Waals surface area contributed by atoms with E-state index in [0.29, 0.717) is 6.42 Å². The Morgan fingerprint density at radius 3 is 2.80 bits per heavy atom. The van der Waals surface area contributed by atoms with E-state index < -0.39 is 12.0 Å². The lowest BCUT2D eigenvalue weighted by Gasteiger charge is -2.05. The second-order valence-electron chi connectivity index (χ2n) is 3.14. The Labute approximate surface area is 92.9 Å². The van der Waals surface area contributed by atoms with Gasteiger partial charge >= 0.3 is 5.97 Å². The van der Waals surface area contributed by atoms with E-state index in [0.717, 1.165) is 11.5 Å². The van der Waals surface area contributed by atoms with Gasteiger partial charge in [-0.25, -0.2) is 0 Å².